The Morgan fingerprint density at radius 3 is 2.33 bits per heavy atom. The van der Waals surface area contributed by atoms with Gasteiger partial charge in [0.15, 0.2) is 5.82 Å². The normalized spacial score (nSPS) is 11.0. The number of hydrogen-bond donors (Lipinski definition) is 1. The maximum Gasteiger partial charge on any atom is 0.407 e. The number of amides is 1. The molecule has 0 fully saturated rings. The first-order valence-electron chi connectivity index (χ1n) is 6.77. The number of ether oxygens (including phenoxy) is 1. The lowest BCUT2D eigenvalue weighted by molar-refractivity contribution is 0.0523. The minimum Gasteiger partial charge on any atom is -0.444 e. The molecule has 1 N–H and O–H groups in total. The summed E-state index contributed by atoms with van der Waals surface area (Å²) in [6, 6.07) is 9.51. The average Bonchev–Trinajstić information content (AvgIpc) is 2.45. The number of nitrogens with one attached hydrogen (secondary N) is 1. The fourth-order valence-corrected chi connectivity index (χ4v) is 1.71. The first-order chi connectivity index (χ1) is 9.94. The summed E-state index contributed by atoms with van der Waals surface area (Å²) < 4.78 is 5.18. The fraction of sp³-hybridized carbons (Fsp3) is 0.312. The molecule has 0 saturated carbocycles. The smallest absolute Gasteiger partial charge is 0.407 e. The summed E-state index contributed by atoms with van der Waals surface area (Å²) in [5.41, 5.74) is 1.44. The molecule has 0 radical (unpaired) electrons. The molecular formula is C16H19N3O2. The van der Waals surface area contributed by atoms with Gasteiger partial charge in [-0.25, -0.2) is 14.8 Å². The highest BCUT2D eigenvalue weighted by atomic mass is 16.6. The van der Waals surface area contributed by atoms with E-state index >= 15 is 0 Å². The quantitative estimate of drug-likeness (QED) is 0.940. The van der Waals surface area contributed by atoms with Crippen molar-refractivity contribution in [1.82, 2.24) is 15.3 Å². The van der Waals surface area contributed by atoms with Gasteiger partial charge in [-0.15, -0.1) is 0 Å². The third-order valence-corrected chi connectivity index (χ3v) is 2.61. The first kappa shape index (κ1) is 15.0. The number of nitrogens with zero attached hydrogens (tertiary/aromatic N) is 2. The second-order valence-electron chi connectivity index (χ2n) is 5.62. The van der Waals surface area contributed by atoms with Gasteiger partial charge in [-0.05, 0) is 32.4 Å². The van der Waals surface area contributed by atoms with E-state index in [9.17, 15) is 4.79 Å². The van der Waals surface area contributed by atoms with E-state index in [0.717, 1.165) is 11.1 Å². The molecule has 1 heterocycles. The lowest BCUT2D eigenvalue weighted by Gasteiger charge is -2.19. The Hall–Kier alpha value is -2.43. The number of hydrogen-bond acceptors (Lipinski definition) is 4. The van der Waals surface area contributed by atoms with Crippen molar-refractivity contribution < 1.29 is 9.53 Å². The lowest BCUT2D eigenvalue weighted by atomic mass is 10.1. The largest absolute Gasteiger partial charge is 0.444 e. The van der Waals surface area contributed by atoms with Crippen molar-refractivity contribution in [3.05, 3.63) is 48.3 Å². The van der Waals surface area contributed by atoms with E-state index in [1.165, 1.54) is 0 Å². The van der Waals surface area contributed by atoms with Crippen LogP contribution < -0.4 is 5.32 Å². The fourth-order valence-electron chi connectivity index (χ4n) is 1.71. The highest BCUT2D eigenvalue weighted by Gasteiger charge is 2.15. The van der Waals surface area contributed by atoms with Crippen LogP contribution >= 0.6 is 0 Å². The molecule has 21 heavy (non-hydrogen) atoms. The third kappa shape index (κ3) is 4.87. The van der Waals surface area contributed by atoms with Crippen LogP contribution in [0.2, 0.25) is 0 Å². The summed E-state index contributed by atoms with van der Waals surface area (Å²) in [7, 11) is 0. The molecule has 1 amide bonds. The van der Waals surface area contributed by atoms with E-state index in [1.807, 2.05) is 45.0 Å². The van der Waals surface area contributed by atoms with E-state index in [1.54, 1.807) is 18.5 Å². The Bertz CT molecular complexity index is 589. The number of alkyl carbamates (subject to hydrolysis) is 1. The van der Waals surface area contributed by atoms with Crippen LogP contribution in [0.3, 0.4) is 0 Å². The predicted octanol–water partition coefficient (Wildman–Crippen LogP) is 3.17. The Balaban J connectivity index is 1.93. The second-order valence-corrected chi connectivity index (χ2v) is 5.62. The van der Waals surface area contributed by atoms with Gasteiger partial charge in [-0.3, -0.25) is 0 Å². The third-order valence-electron chi connectivity index (χ3n) is 2.61. The summed E-state index contributed by atoms with van der Waals surface area (Å²) in [5, 5.41) is 2.72. The van der Waals surface area contributed by atoms with Gasteiger partial charge >= 0.3 is 6.09 Å². The molecule has 0 bridgehead atoms. The maximum atomic E-state index is 11.6. The summed E-state index contributed by atoms with van der Waals surface area (Å²) in [4.78, 5) is 20.0. The Kier molecular flexibility index (Phi) is 4.52. The number of benzene rings is 1. The predicted molar refractivity (Wildman–Crippen MR) is 80.5 cm³/mol. The molecule has 2 aromatic rings. The molecule has 0 spiro atoms. The minimum atomic E-state index is -0.488. The molecule has 0 aliphatic heterocycles. The minimum absolute atomic E-state index is 0.419. The number of carbonyl (C=O) groups excluding carboxylic acids is 1. The van der Waals surface area contributed by atoms with Gasteiger partial charge in [0, 0.05) is 24.5 Å². The zero-order valence-corrected chi connectivity index (χ0v) is 12.5. The maximum absolute atomic E-state index is 11.6. The van der Waals surface area contributed by atoms with Gasteiger partial charge in [-0.1, -0.05) is 24.3 Å². The van der Waals surface area contributed by atoms with Crippen LogP contribution in [0.25, 0.3) is 11.4 Å². The van der Waals surface area contributed by atoms with Crippen LogP contribution in [0, 0.1) is 0 Å². The summed E-state index contributed by atoms with van der Waals surface area (Å²) in [6.07, 6.45) is 3.00. The molecule has 0 aliphatic rings. The molecule has 0 aliphatic carbocycles. The van der Waals surface area contributed by atoms with Gasteiger partial charge in [0.25, 0.3) is 0 Å². The van der Waals surface area contributed by atoms with Crippen LogP contribution in [0.15, 0.2) is 42.7 Å². The van der Waals surface area contributed by atoms with Gasteiger partial charge in [0.05, 0.1) is 0 Å². The van der Waals surface area contributed by atoms with Crippen molar-refractivity contribution >= 4 is 6.09 Å². The molecule has 0 atom stereocenters. The van der Waals surface area contributed by atoms with Crippen LogP contribution in [0.5, 0.6) is 0 Å². The summed E-state index contributed by atoms with van der Waals surface area (Å²) >= 11 is 0. The summed E-state index contributed by atoms with van der Waals surface area (Å²) in [6.45, 7) is 5.93. The van der Waals surface area contributed by atoms with E-state index in [4.69, 9.17) is 4.74 Å². The summed E-state index contributed by atoms with van der Waals surface area (Å²) in [5.74, 6) is 0.684. The van der Waals surface area contributed by atoms with E-state index < -0.39 is 11.7 Å². The molecule has 2 rings (SSSR count). The van der Waals surface area contributed by atoms with Gasteiger partial charge in [0.2, 0.25) is 0 Å². The standard InChI is InChI=1S/C16H19N3O2/c1-16(2,3)21-15(20)19-11-12-5-7-13(8-6-12)14-17-9-4-10-18-14/h4-10H,11H2,1-3H3,(H,19,20). The van der Waals surface area contributed by atoms with Crippen LogP contribution in [-0.2, 0) is 11.3 Å². The number of carbonyl (C=O) groups is 1. The van der Waals surface area contributed by atoms with Crippen LogP contribution in [-0.4, -0.2) is 21.7 Å². The highest BCUT2D eigenvalue weighted by Crippen LogP contribution is 2.14. The van der Waals surface area contributed by atoms with E-state index in [-0.39, 0.29) is 0 Å². The van der Waals surface area contributed by atoms with Gasteiger partial charge in [-0.2, -0.15) is 0 Å². The molecular weight excluding hydrogens is 266 g/mol. The van der Waals surface area contributed by atoms with Gasteiger partial charge in [0.1, 0.15) is 5.60 Å². The van der Waals surface area contributed by atoms with Crippen molar-refractivity contribution in [2.24, 2.45) is 0 Å². The Labute approximate surface area is 124 Å². The number of aromatic nitrogens is 2. The molecule has 1 aromatic carbocycles. The first-order valence-corrected chi connectivity index (χ1v) is 6.77. The SMILES string of the molecule is CC(C)(C)OC(=O)NCc1ccc(-c2ncccn2)cc1. The average molecular weight is 285 g/mol. The molecule has 5 nitrogen and oxygen atoms in total. The molecule has 1 aromatic heterocycles. The van der Waals surface area contributed by atoms with Crippen molar-refractivity contribution in [3.63, 3.8) is 0 Å². The monoisotopic (exact) mass is 285 g/mol. The zero-order chi connectivity index (χ0) is 15.3. The van der Waals surface area contributed by atoms with Gasteiger partial charge < -0.3 is 10.1 Å². The molecule has 0 saturated heterocycles. The van der Waals surface area contributed by atoms with Crippen LogP contribution in [0.4, 0.5) is 4.79 Å². The zero-order valence-electron chi connectivity index (χ0n) is 12.5. The number of rotatable bonds is 3. The van der Waals surface area contributed by atoms with E-state index in [0.29, 0.717) is 12.4 Å². The Morgan fingerprint density at radius 1 is 1.14 bits per heavy atom. The highest BCUT2D eigenvalue weighted by molar-refractivity contribution is 5.67. The Morgan fingerprint density at radius 2 is 1.76 bits per heavy atom. The second kappa shape index (κ2) is 6.35. The lowest BCUT2D eigenvalue weighted by Crippen LogP contribution is -2.32. The van der Waals surface area contributed by atoms with Crippen molar-refractivity contribution in [3.8, 4) is 11.4 Å². The molecule has 110 valence electrons. The van der Waals surface area contributed by atoms with Crippen molar-refractivity contribution in [1.29, 1.82) is 0 Å². The van der Waals surface area contributed by atoms with Crippen molar-refractivity contribution in [2.45, 2.75) is 32.9 Å². The molecule has 0 unspecified atom stereocenters. The molecule has 5 heteroatoms. The van der Waals surface area contributed by atoms with Crippen molar-refractivity contribution in [2.75, 3.05) is 0 Å². The van der Waals surface area contributed by atoms with Crippen LogP contribution in [0.1, 0.15) is 26.3 Å². The van der Waals surface area contributed by atoms with E-state index in [2.05, 4.69) is 15.3 Å². The topological polar surface area (TPSA) is 64.1 Å².